The second kappa shape index (κ2) is 3.19. The Bertz CT molecular complexity index is 158. The van der Waals surface area contributed by atoms with E-state index in [2.05, 4.69) is 0 Å². The van der Waals surface area contributed by atoms with Gasteiger partial charge in [0.2, 0.25) is 5.91 Å². The third-order valence-corrected chi connectivity index (χ3v) is 1.48. The Hall–Kier alpha value is -0.610. The molecular formula is C7H12NO3-. The number of aliphatic hydroxyl groups is 1. The summed E-state index contributed by atoms with van der Waals surface area (Å²) in [6.45, 7) is 4.98. The van der Waals surface area contributed by atoms with Crippen LogP contribution in [0.1, 0.15) is 13.8 Å². The summed E-state index contributed by atoms with van der Waals surface area (Å²) < 4.78 is 4.92. The number of carbonyl (C=O) groups is 1. The Morgan fingerprint density at radius 1 is 1.91 bits per heavy atom. The second-order valence-corrected chi connectivity index (χ2v) is 2.72. The fourth-order valence-corrected chi connectivity index (χ4v) is 0.926. The molecule has 0 aromatic rings. The minimum atomic E-state index is -0.510. The molecule has 4 heteroatoms. The maximum Gasteiger partial charge on any atom is 0.221 e. The number of nitrogens with zero attached hydrogens (tertiary/aromatic N) is 1. The molecule has 0 spiro atoms. The van der Waals surface area contributed by atoms with E-state index < -0.39 is 12.2 Å². The van der Waals surface area contributed by atoms with Gasteiger partial charge in [-0.15, -0.1) is 6.73 Å². The van der Waals surface area contributed by atoms with Crippen LogP contribution < -0.4 is 0 Å². The van der Waals surface area contributed by atoms with Gasteiger partial charge >= 0.3 is 0 Å². The SMILES string of the molecule is CC(O)CN1[CH-]OC(C)C1=O. The number of aliphatic hydroxyl groups excluding tert-OH is 1. The van der Waals surface area contributed by atoms with Crippen LogP contribution in [0.15, 0.2) is 0 Å². The van der Waals surface area contributed by atoms with Gasteiger partial charge in [0.15, 0.2) is 0 Å². The highest BCUT2D eigenvalue weighted by Gasteiger charge is 2.20. The fourth-order valence-electron chi connectivity index (χ4n) is 0.926. The molecule has 0 aliphatic carbocycles. The number of hydrogen-bond acceptors (Lipinski definition) is 3. The van der Waals surface area contributed by atoms with Crippen LogP contribution in [-0.4, -0.2) is 34.7 Å². The maximum absolute atomic E-state index is 11.1. The molecule has 1 fully saturated rings. The van der Waals surface area contributed by atoms with Gasteiger partial charge in [0, 0.05) is 6.54 Å². The first-order valence-corrected chi connectivity index (χ1v) is 3.58. The van der Waals surface area contributed by atoms with Gasteiger partial charge in [-0.25, -0.2) is 0 Å². The molecular weight excluding hydrogens is 146 g/mol. The van der Waals surface area contributed by atoms with Crippen LogP contribution in [0.25, 0.3) is 0 Å². The molecule has 0 bridgehead atoms. The summed E-state index contributed by atoms with van der Waals surface area (Å²) in [6, 6.07) is 0. The first kappa shape index (κ1) is 8.49. The van der Waals surface area contributed by atoms with Crippen molar-refractivity contribution in [1.29, 1.82) is 0 Å². The number of hydrogen-bond donors (Lipinski definition) is 1. The van der Waals surface area contributed by atoms with Crippen LogP contribution in [0, 0.1) is 6.73 Å². The first-order valence-electron chi connectivity index (χ1n) is 3.58. The van der Waals surface area contributed by atoms with Gasteiger partial charge in [0.1, 0.15) is 6.10 Å². The average molecular weight is 158 g/mol. The number of rotatable bonds is 2. The zero-order chi connectivity index (χ0) is 8.43. The Labute approximate surface area is 65.8 Å². The minimum absolute atomic E-state index is 0.0918. The van der Waals surface area contributed by atoms with E-state index in [0.717, 1.165) is 0 Å². The van der Waals surface area contributed by atoms with E-state index in [1.807, 2.05) is 0 Å². The van der Waals surface area contributed by atoms with Gasteiger partial charge in [0.05, 0.1) is 6.10 Å². The van der Waals surface area contributed by atoms with Crippen LogP contribution in [0.4, 0.5) is 0 Å². The topological polar surface area (TPSA) is 49.8 Å². The molecule has 1 amide bonds. The Morgan fingerprint density at radius 2 is 2.55 bits per heavy atom. The molecule has 2 unspecified atom stereocenters. The molecule has 1 heterocycles. The van der Waals surface area contributed by atoms with Crippen molar-refractivity contribution in [3.05, 3.63) is 6.73 Å². The normalized spacial score (nSPS) is 27.7. The molecule has 0 radical (unpaired) electrons. The third kappa shape index (κ3) is 1.91. The van der Waals surface area contributed by atoms with Crippen LogP contribution in [0.5, 0.6) is 0 Å². The summed E-state index contributed by atoms with van der Waals surface area (Å²) in [7, 11) is 0. The Morgan fingerprint density at radius 3 is 2.91 bits per heavy atom. The Kier molecular flexibility index (Phi) is 2.46. The molecule has 0 saturated carbocycles. The highest BCUT2D eigenvalue weighted by atomic mass is 16.5. The van der Waals surface area contributed by atoms with E-state index >= 15 is 0 Å². The molecule has 1 aliphatic rings. The van der Waals surface area contributed by atoms with Gasteiger partial charge in [-0.2, -0.15) is 0 Å². The van der Waals surface area contributed by atoms with Crippen LogP contribution in [-0.2, 0) is 9.53 Å². The summed E-state index contributed by atoms with van der Waals surface area (Å²) in [4.78, 5) is 12.5. The standard InChI is InChI=1S/C7H12NO3/c1-5(9)3-8-4-11-6(2)7(8)10/h4-6,9H,3H2,1-2H3/q-1. The van der Waals surface area contributed by atoms with E-state index in [-0.39, 0.29) is 5.91 Å². The van der Waals surface area contributed by atoms with Crippen molar-refractivity contribution in [3.63, 3.8) is 0 Å². The zero-order valence-corrected chi connectivity index (χ0v) is 6.65. The van der Waals surface area contributed by atoms with Gasteiger partial charge < -0.3 is 14.7 Å². The maximum atomic E-state index is 11.1. The number of ether oxygens (including phenoxy) is 1. The lowest BCUT2D eigenvalue weighted by atomic mass is 10.3. The molecule has 0 aromatic carbocycles. The first-order chi connectivity index (χ1) is 5.11. The number of amides is 1. The quantitative estimate of drug-likeness (QED) is 0.563. The van der Waals surface area contributed by atoms with Crippen LogP contribution in [0.3, 0.4) is 0 Å². The predicted molar refractivity (Wildman–Crippen MR) is 38.2 cm³/mol. The molecule has 64 valence electrons. The van der Waals surface area contributed by atoms with Crippen molar-refractivity contribution < 1.29 is 14.6 Å². The monoisotopic (exact) mass is 158 g/mol. The molecule has 1 saturated heterocycles. The van der Waals surface area contributed by atoms with E-state index in [9.17, 15) is 4.79 Å². The lowest BCUT2D eigenvalue weighted by molar-refractivity contribution is -0.130. The third-order valence-electron chi connectivity index (χ3n) is 1.48. The van der Waals surface area contributed by atoms with Crippen molar-refractivity contribution in [1.82, 2.24) is 4.90 Å². The largest absolute Gasteiger partial charge is 0.522 e. The average Bonchev–Trinajstić information content (AvgIpc) is 2.18. The fraction of sp³-hybridized carbons (Fsp3) is 0.714. The van der Waals surface area contributed by atoms with Crippen LogP contribution >= 0.6 is 0 Å². The van der Waals surface area contributed by atoms with E-state index in [0.29, 0.717) is 6.54 Å². The van der Waals surface area contributed by atoms with E-state index in [4.69, 9.17) is 9.84 Å². The Balaban J connectivity index is 2.42. The van der Waals surface area contributed by atoms with Gasteiger partial charge in [-0.1, -0.05) is 0 Å². The van der Waals surface area contributed by atoms with Crippen molar-refractivity contribution in [2.75, 3.05) is 6.54 Å². The lowest BCUT2D eigenvalue weighted by Gasteiger charge is -2.24. The van der Waals surface area contributed by atoms with Gasteiger partial charge in [-0.3, -0.25) is 4.79 Å². The zero-order valence-electron chi connectivity index (χ0n) is 6.65. The summed E-state index contributed by atoms with van der Waals surface area (Å²) >= 11 is 0. The van der Waals surface area contributed by atoms with Crippen molar-refractivity contribution in [3.8, 4) is 0 Å². The molecule has 1 N–H and O–H groups in total. The summed E-state index contributed by atoms with van der Waals surface area (Å²) in [6.07, 6.45) is -0.905. The predicted octanol–water partition coefficient (Wildman–Crippen LogP) is -0.266. The molecule has 0 aromatic heterocycles. The molecule has 11 heavy (non-hydrogen) atoms. The van der Waals surface area contributed by atoms with Crippen LogP contribution in [0.2, 0.25) is 0 Å². The number of β-amino-alcohol motifs (C(OH)–C–C–N with tert-alkyl or cyclic N) is 1. The molecule has 4 nitrogen and oxygen atoms in total. The molecule has 1 aliphatic heterocycles. The smallest absolute Gasteiger partial charge is 0.221 e. The second-order valence-electron chi connectivity index (χ2n) is 2.72. The van der Waals surface area contributed by atoms with Crippen molar-refractivity contribution >= 4 is 5.91 Å². The van der Waals surface area contributed by atoms with E-state index in [1.54, 1.807) is 13.8 Å². The number of carbonyl (C=O) groups excluding carboxylic acids is 1. The van der Waals surface area contributed by atoms with Gasteiger partial charge in [-0.05, 0) is 13.8 Å². The minimum Gasteiger partial charge on any atom is -0.522 e. The summed E-state index contributed by atoms with van der Waals surface area (Å²) in [5.74, 6) is -0.0918. The highest BCUT2D eigenvalue weighted by molar-refractivity contribution is 5.82. The lowest BCUT2D eigenvalue weighted by Crippen LogP contribution is -2.32. The van der Waals surface area contributed by atoms with Gasteiger partial charge in [0.25, 0.3) is 0 Å². The van der Waals surface area contributed by atoms with Crippen molar-refractivity contribution in [2.24, 2.45) is 0 Å². The summed E-state index contributed by atoms with van der Waals surface area (Å²) in [5, 5.41) is 8.95. The van der Waals surface area contributed by atoms with Crippen molar-refractivity contribution in [2.45, 2.75) is 26.1 Å². The highest BCUT2D eigenvalue weighted by Crippen LogP contribution is 2.13. The summed E-state index contributed by atoms with van der Waals surface area (Å²) in [5.41, 5.74) is 0. The van der Waals surface area contributed by atoms with E-state index in [1.165, 1.54) is 11.6 Å². The molecule has 1 rings (SSSR count). The molecule has 2 atom stereocenters.